The zero-order chi connectivity index (χ0) is 10.7. The van der Waals surface area contributed by atoms with Crippen molar-refractivity contribution in [2.75, 3.05) is 5.73 Å². The Morgan fingerprint density at radius 3 is 2.56 bits per heavy atom. The summed E-state index contributed by atoms with van der Waals surface area (Å²) in [5.74, 6) is 2.42. The predicted molar refractivity (Wildman–Crippen MR) is 61.2 cm³/mol. The first kappa shape index (κ1) is 13.5. The van der Waals surface area contributed by atoms with Gasteiger partial charge in [-0.3, -0.25) is 0 Å². The number of nitrogens with two attached hydrogens (primary N) is 1. The molecule has 0 saturated carbocycles. The number of nitrogens with zero attached hydrogens (tertiary/aromatic N) is 3. The molecular formula is C10H11N4SY-. The van der Waals surface area contributed by atoms with Crippen LogP contribution in [0.4, 0.5) is 5.82 Å². The molecule has 16 heavy (non-hydrogen) atoms. The molecule has 0 aliphatic rings. The first-order chi connectivity index (χ1) is 7.27. The van der Waals surface area contributed by atoms with E-state index < -0.39 is 0 Å². The van der Waals surface area contributed by atoms with Gasteiger partial charge in [-0.1, -0.05) is 29.3 Å². The second kappa shape index (κ2) is 6.28. The molecule has 0 bridgehead atoms. The number of hydrogen-bond donors (Lipinski definition) is 1. The molecule has 2 rings (SSSR count). The van der Waals surface area contributed by atoms with Gasteiger partial charge in [-0.15, -0.1) is 0 Å². The van der Waals surface area contributed by atoms with Crippen molar-refractivity contribution >= 4 is 17.6 Å². The van der Waals surface area contributed by atoms with Crippen LogP contribution in [0.15, 0.2) is 35.2 Å². The molecule has 1 heterocycles. The number of aryl methyl sites for hydroxylation is 1. The molecule has 2 aromatic rings. The molecule has 0 spiro atoms. The first-order valence-corrected chi connectivity index (χ1v) is 5.37. The van der Waals surface area contributed by atoms with Crippen molar-refractivity contribution in [3.8, 4) is 0 Å². The van der Waals surface area contributed by atoms with Crippen molar-refractivity contribution in [1.82, 2.24) is 15.0 Å². The summed E-state index contributed by atoms with van der Waals surface area (Å²) in [6, 6.07) is 10.0. The van der Waals surface area contributed by atoms with Gasteiger partial charge in [-0.05, 0) is 29.8 Å². The van der Waals surface area contributed by atoms with Crippen LogP contribution in [0.3, 0.4) is 0 Å². The Balaban J connectivity index is 0.00000128. The van der Waals surface area contributed by atoms with Crippen LogP contribution in [0, 0.1) is 12.8 Å². The standard InChI is InChI=1S/C10H11N4S.Y/c1-8-10(11)14(13-12-8)7-15-9-5-3-2-4-6-9;/h2-7H,11H2,1H3;/q-1;. The van der Waals surface area contributed by atoms with Crippen LogP contribution in [0.1, 0.15) is 5.69 Å². The summed E-state index contributed by atoms with van der Waals surface area (Å²) in [5.41, 5.74) is 6.51. The average molecular weight is 308 g/mol. The molecule has 0 aliphatic carbocycles. The topological polar surface area (TPSA) is 56.7 Å². The van der Waals surface area contributed by atoms with E-state index in [4.69, 9.17) is 5.73 Å². The Bertz CT molecular complexity index is 443. The van der Waals surface area contributed by atoms with Gasteiger partial charge in [-0.25, -0.2) is 0 Å². The third-order valence-electron chi connectivity index (χ3n) is 1.94. The van der Waals surface area contributed by atoms with Gasteiger partial charge in [0.05, 0.1) is 0 Å². The normalized spacial score (nSPS) is 9.56. The van der Waals surface area contributed by atoms with E-state index in [1.54, 1.807) is 16.4 Å². The molecule has 1 aromatic carbocycles. The molecule has 6 heteroatoms. The number of thioether (sulfide) groups is 1. The molecule has 0 atom stereocenters. The van der Waals surface area contributed by atoms with Crippen molar-refractivity contribution in [1.29, 1.82) is 0 Å². The quantitative estimate of drug-likeness (QED) is 0.695. The van der Waals surface area contributed by atoms with Gasteiger partial charge in [0.25, 0.3) is 0 Å². The maximum atomic E-state index is 5.76. The van der Waals surface area contributed by atoms with E-state index in [9.17, 15) is 0 Å². The maximum Gasteiger partial charge on any atom is 0.0214 e. The largest absolute Gasteiger partial charge is 0.459 e. The van der Waals surface area contributed by atoms with Crippen LogP contribution in [0.25, 0.3) is 0 Å². The Labute approximate surface area is 124 Å². The van der Waals surface area contributed by atoms with Crippen LogP contribution in [-0.4, -0.2) is 15.0 Å². The van der Waals surface area contributed by atoms with Crippen LogP contribution >= 0.6 is 11.8 Å². The van der Waals surface area contributed by atoms with Gasteiger partial charge in [0.2, 0.25) is 0 Å². The SMILES string of the molecule is Cc1nnn([CH-]Sc2ccccc2)c1N.[Y]. The summed E-state index contributed by atoms with van der Waals surface area (Å²) < 4.78 is 1.58. The summed E-state index contributed by atoms with van der Waals surface area (Å²) >= 11 is 1.56. The van der Waals surface area contributed by atoms with E-state index in [0.717, 1.165) is 10.6 Å². The number of benzene rings is 1. The molecule has 2 N–H and O–H groups in total. The zero-order valence-corrected chi connectivity index (χ0v) is 12.5. The zero-order valence-electron chi connectivity index (χ0n) is 8.87. The molecule has 1 aromatic heterocycles. The second-order valence-electron chi connectivity index (χ2n) is 3.04. The van der Waals surface area contributed by atoms with Gasteiger partial charge in [0.15, 0.2) is 0 Å². The number of aromatic nitrogens is 3. The van der Waals surface area contributed by atoms with Crippen LogP contribution < -0.4 is 5.73 Å². The van der Waals surface area contributed by atoms with Crippen molar-refractivity contribution in [2.45, 2.75) is 11.8 Å². The van der Waals surface area contributed by atoms with E-state index in [1.807, 2.05) is 43.1 Å². The van der Waals surface area contributed by atoms with Crippen LogP contribution in [-0.2, 0) is 32.7 Å². The summed E-state index contributed by atoms with van der Waals surface area (Å²) in [7, 11) is 0. The fourth-order valence-electron chi connectivity index (χ4n) is 1.07. The van der Waals surface area contributed by atoms with Gasteiger partial charge in [0.1, 0.15) is 0 Å². The Kier molecular flexibility index (Phi) is 5.31. The summed E-state index contributed by atoms with van der Waals surface area (Å²) in [6.07, 6.45) is 0. The number of nitrogen functional groups attached to an aromatic ring is 1. The monoisotopic (exact) mass is 308 g/mol. The van der Waals surface area contributed by atoms with Crippen molar-refractivity contribution in [2.24, 2.45) is 0 Å². The average Bonchev–Trinajstić information content (AvgIpc) is 2.59. The van der Waals surface area contributed by atoms with Crippen molar-refractivity contribution in [3.63, 3.8) is 0 Å². The molecule has 0 aliphatic heterocycles. The van der Waals surface area contributed by atoms with E-state index in [0.29, 0.717) is 5.82 Å². The number of rotatable bonds is 3. The number of anilines is 1. The fourth-order valence-corrected chi connectivity index (χ4v) is 1.76. The molecule has 0 fully saturated rings. The molecule has 0 saturated heterocycles. The fraction of sp³-hybridized carbons (Fsp3) is 0.100. The third kappa shape index (κ3) is 3.24. The van der Waals surface area contributed by atoms with Gasteiger partial charge in [0, 0.05) is 38.4 Å². The van der Waals surface area contributed by atoms with E-state index >= 15 is 0 Å². The summed E-state index contributed by atoms with van der Waals surface area (Å²) in [5, 5.41) is 7.77. The third-order valence-corrected chi connectivity index (χ3v) is 2.79. The van der Waals surface area contributed by atoms with Gasteiger partial charge in [-0.2, -0.15) is 16.9 Å². The Morgan fingerprint density at radius 2 is 2.00 bits per heavy atom. The van der Waals surface area contributed by atoms with Gasteiger partial charge >= 0.3 is 0 Å². The summed E-state index contributed by atoms with van der Waals surface area (Å²) in [6.45, 7) is 1.83. The molecule has 4 nitrogen and oxygen atoms in total. The smallest absolute Gasteiger partial charge is 0.0214 e. The minimum Gasteiger partial charge on any atom is -0.459 e. The Morgan fingerprint density at radius 1 is 1.31 bits per heavy atom. The van der Waals surface area contributed by atoms with Crippen molar-refractivity contribution < 1.29 is 32.7 Å². The molecule has 0 unspecified atom stereocenters. The molecule has 0 amide bonds. The van der Waals surface area contributed by atoms with Crippen LogP contribution in [0.2, 0.25) is 0 Å². The number of hydrogen-bond acceptors (Lipinski definition) is 4. The van der Waals surface area contributed by atoms with Gasteiger partial charge < -0.3 is 10.4 Å². The second-order valence-corrected chi connectivity index (χ2v) is 3.96. The minimum atomic E-state index is 0. The molecule has 81 valence electrons. The van der Waals surface area contributed by atoms with E-state index in [2.05, 4.69) is 10.3 Å². The first-order valence-electron chi connectivity index (χ1n) is 4.49. The van der Waals surface area contributed by atoms with E-state index in [1.165, 1.54) is 0 Å². The molecule has 1 radical (unpaired) electrons. The van der Waals surface area contributed by atoms with E-state index in [-0.39, 0.29) is 32.7 Å². The predicted octanol–water partition coefficient (Wildman–Crippen LogP) is 1.93. The Hall–Kier alpha value is -0.516. The minimum absolute atomic E-state index is 0. The van der Waals surface area contributed by atoms with Crippen molar-refractivity contribution in [3.05, 3.63) is 41.9 Å². The maximum absolute atomic E-state index is 5.76. The van der Waals surface area contributed by atoms with Crippen LogP contribution in [0.5, 0.6) is 0 Å². The summed E-state index contributed by atoms with van der Waals surface area (Å²) in [4.78, 5) is 1.14. The molecular weight excluding hydrogens is 297 g/mol.